The third kappa shape index (κ3) is 2.30. The van der Waals surface area contributed by atoms with Crippen molar-refractivity contribution in [2.24, 2.45) is 0 Å². The minimum absolute atomic E-state index is 0.444. The molecular formula is C12H16N4O. The maximum Gasteiger partial charge on any atom is 0.160 e. The smallest absolute Gasteiger partial charge is 0.160 e. The fourth-order valence-electron chi connectivity index (χ4n) is 2.15. The molecule has 0 aliphatic carbocycles. The molecule has 90 valence electrons. The molecule has 0 amide bonds. The van der Waals surface area contributed by atoms with E-state index in [1.807, 2.05) is 28.8 Å². The van der Waals surface area contributed by atoms with E-state index in [1.54, 1.807) is 0 Å². The van der Waals surface area contributed by atoms with Gasteiger partial charge in [-0.15, -0.1) is 10.2 Å². The Morgan fingerprint density at radius 3 is 3.29 bits per heavy atom. The van der Waals surface area contributed by atoms with Gasteiger partial charge in [-0.05, 0) is 25.0 Å². The first-order valence-electron chi connectivity index (χ1n) is 6.03. The first-order chi connectivity index (χ1) is 8.43. The molecule has 2 aromatic heterocycles. The van der Waals surface area contributed by atoms with Crippen LogP contribution in [0.5, 0.6) is 0 Å². The second-order valence-corrected chi connectivity index (χ2v) is 4.34. The summed E-state index contributed by atoms with van der Waals surface area (Å²) in [5.41, 5.74) is 0.893. The van der Waals surface area contributed by atoms with Gasteiger partial charge in [-0.25, -0.2) is 0 Å². The fraction of sp³-hybridized carbons (Fsp3) is 0.500. The number of ether oxygens (including phenoxy) is 1. The molecule has 0 aromatic carbocycles. The van der Waals surface area contributed by atoms with Crippen LogP contribution in [0.25, 0.3) is 5.65 Å². The van der Waals surface area contributed by atoms with Crippen molar-refractivity contribution in [3.05, 3.63) is 30.2 Å². The van der Waals surface area contributed by atoms with E-state index in [-0.39, 0.29) is 0 Å². The zero-order chi connectivity index (χ0) is 11.5. The predicted octanol–water partition coefficient (Wildman–Crippen LogP) is 0.998. The Kier molecular flexibility index (Phi) is 3.02. The van der Waals surface area contributed by atoms with Crippen LogP contribution < -0.4 is 5.32 Å². The van der Waals surface area contributed by atoms with Crippen LogP contribution in [0, 0.1) is 0 Å². The van der Waals surface area contributed by atoms with Crippen LogP contribution >= 0.6 is 0 Å². The Labute approximate surface area is 99.8 Å². The van der Waals surface area contributed by atoms with Crippen LogP contribution in [-0.4, -0.2) is 33.9 Å². The lowest BCUT2D eigenvalue weighted by Gasteiger charge is -2.22. The van der Waals surface area contributed by atoms with Crippen molar-refractivity contribution < 1.29 is 4.74 Å². The van der Waals surface area contributed by atoms with Crippen LogP contribution in [0.1, 0.15) is 18.7 Å². The molecule has 2 aromatic rings. The number of rotatable bonds is 3. The lowest BCUT2D eigenvalue weighted by molar-refractivity contribution is 0.0697. The Balaban J connectivity index is 1.68. The molecule has 0 bridgehead atoms. The second-order valence-electron chi connectivity index (χ2n) is 4.34. The topological polar surface area (TPSA) is 51.5 Å². The molecule has 5 nitrogen and oxygen atoms in total. The van der Waals surface area contributed by atoms with Gasteiger partial charge in [0.2, 0.25) is 0 Å². The van der Waals surface area contributed by atoms with Gasteiger partial charge in [-0.1, -0.05) is 6.07 Å². The van der Waals surface area contributed by atoms with Crippen LogP contribution in [0.2, 0.25) is 0 Å². The van der Waals surface area contributed by atoms with E-state index in [2.05, 4.69) is 15.5 Å². The van der Waals surface area contributed by atoms with Gasteiger partial charge in [0.15, 0.2) is 11.5 Å². The molecule has 1 saturated heterocycles. The summed E-state index contributed by atoms with van der Waals surface area (Å²) in [5, 5.41) is 11.8. The minimum atomic E-state index is 0.444. The van der Waals surface area contributed by atoms with Crippen molar-refractivity contribution in [3.63, 3.8) is 0 Å². The third-order valence-electron chi connectivity index (χ3n) is 3.09. The summed E-state index contributed by atoms with van der Waals surface area (Å²) in [5.74, 6) is 0.950. The Morgan fingerprint density at radius 1 is 1.41 bits per heavy atom. The van der Waals surface area contributed by atoms with Crippen molar-refractivity contribution in [3.8, 4) is 0 Å². The van der Waals surface area contributed by atoms with E-state index < -0.39 is 0 Å². The van der Waals surface area contributed by atoms with Crippen LogP contribution in [-0.2, 0) is 11.3 Å². The lowest BCUT2D eigenvalue weighted by atomic mass is 10.1. The molecule has 3 heterocycles. The molecule has 5 heteroatoms. The summed E-state index contributed by atoms with van der Waals surface area (Å²) in [6.07, 6.45) is 4.30. The summed E-state index contributed by atoms with van der Waals surface area (Å²) in [7, 11) is 0. The zero-order valence-corrected chi connectivity index (χ0v) is 9.67. The number of nitrogens with one attached hydrogen (secondary N) is 1. The molecule has 17 heavy (non-hydrogen) atoms. The van der Waals surface area contributed by atoms with E-state index >= 15 is 0 Å². The fourth-order valence-corrected chi connectivity index (χ4v) is 2.15. The van der Waals surface area contributed by atoms with Gasteiger partial charge in [0, 0.05) is 18.8 Å². The zero-order valence-electron chi connectivity index (χ0n) is 9.67. The summed E-state index contributed by atoms with van der Waals surface area (Å²) < 4.78 is 7.44. The molecule has 1 fully saturated rings. The van der Waals surface area contributed by atoms with Crippen molar-refractivity contribution in [2.45, 2.75) is 25.4 Å². The van der Waals surface area contributed by atoms with Crippen LogP contribution in [0.4, 0.5) is 0 Å². The van der Waals surface area contributed by atoms with Crippen molar-refractivity contribution in [1.82, 2.24) is 19.9 Å². The van der Waals surface area contributed by atoms with Gasteiger partial charge in [0.25, 0.3) is 0 Å². The molecule has 1 N–H and O–H groups in total. The first-order valence-corrected chi connectivity index (χ1v) is 6.03. The van der Waals surface area contributed by atoms with Gasteiger partial charge in [0.1, 0.15) is 0 Å². The highest BCUT2D eigenvalue weighted by molar-refractivity contribution is 5.36. The molecule has 3 rings (SSSR count). The van der Waals surface area contributed by atoms with Gasteiger partial charge in [-0.3, -0.25) is 4.40 Å². The van der Waals surface area contributed by atoms with E-state index in [0.717, 1.165) is 37.7 Å². The van der Waals surface area contributed by atoms with Gasteiger partial charge in [-0.2, -0.15) is 0 Å². The van der Waals surface area contributed by atoms with E-state index in [4.69, 9.17) is 4.74 Å². The number of hydrogen-bond donors (Lipinski definition) is 1. The summed E-state index contributed by atoms with van der Waals surface area (Å²) in [6.45, 7) is 2.43. The molecule has 0 spiro atoms. The van der Waals surface area contributed by atoms with E-state index in [0.29, 0.717) is 6.04 Å². The molecular weight excluding hydrogens is 216 g/mol. The van der Waals surface area contributed by atoms with Crippen molar-refractivity contribution in [1.29, 1.82) is 0 Å². The highest BCUT2D eigenvalue weighted by Gasteiger charge is 2.14. The minimum Gasteiger partial charge on any atom is -0.380 e. The lowest BCUT2D eigenvalue weighted by Crippen LogP contribution is -2.36. The third-order valence-corrected chi connectivity index (χ3v) is 3.09. The van der Waals surface area contributed by atoms with Crippen LogP contribution in [0.15, 0.2) is 24.4 Å². The molecule has 1 unspecified atom stereocenters. The highest BCUT2D eigenvalue weighted by atomic mass is 16.5. The van der Waals surface area contributed by atoms with Gasteiger partial charge >= 0.3 is 0 Å². The second kappa shape index (κ2) is 4.81. The van der Waals surface area contributed by atoms with E-state index in [1.165, 1.54) is 6.42 Å². The van der Waals surface area contributed by atoms with E-state index in [9.17, 15) is 0 Å². The summed E-state index contributed by atoms with van der Waals surface area (Å²) in [4.78, 5) is 0. The Hall–Kier alpha value is -1.46. The van der Waals surface area contributed by atoms with Crippen molar-refractivity contribution >= 4 is 5.65 Å². The molecule has 1 atom stereocenters. The Bertz CT molecular complexity index is 490. The van der Waals surface area contributed by atoms with Gasteiger partial charge in [0.05, 0.1) is 13.2 Å². The number of aromatic nitrogens is 3. The average molecular weight is 232 g/mol. The molecule has 0 saturated carbocycles. The Morgan fingerprint density at radius 2 is 2.41 bits per heavy atom. The number of fused-ring (bicyclic) bond motifs is 1. The highest BCUT2D eigenvalue weighted by Crippen LogP contribution is 2.07. The molecule has 0 radical (unpaired) electrons. The summed E-state index contributed by atoms with van der Waals surface area (Å²) in [6, 6.07) is 6.36. The number of nitrogens with zero attached hydrogens (tertiary/aromatic N) is 3. The quantitative estimate of drug-likeness (QED) is 0.857. The number of hydrogen-bond acceptors (Lipinski definition) is 4. The SMILES string of the molecule is c1ccn2c(CNC3CCCOC3)nnc2c1. The summed E-state index contributed by atoms with van der Waals surface area (Å²) >= 11 is 0. The standard InChI is InChI=1S/C12H16N4O/c1-2-6-16-11(5-1)14-15-12(16)8-13-10-4-3-7-17-9-10/h1-2,5-6,10,13H,3-4,7-9H2. The largest absolute Gasteiger partial charge is 0.380 e. The number of pyridine rings is 1. The first kappa shape index (κ1) is 10.7. The normalized spacial score (nSPS) is 20.8. The van der Waals surface area contributed by atoms with Crippen molar-refractivity contribution in [2.75, 3.05) is 13.2 Å². The maximum atomic E-state index is 5.43. The predicted molar refractivity (Wildman–Crippen MR) is 63.7 cm³/mol. The maximum absolute atomic E-state index is 5.43. The molecule has 1 aliphatic rings. The van der Waals surface area contributed by atoms with Crippen LogP contribution in [0.3, 0.4) is 0 Å². The van der Waals surface area contributed by atoms with Gasteiger partial charge < -0.3 is 10.1 Å². The molecule has 1 aliphatic heterocycles. The average Bonchev–Trinajstić information content (AvgIpc) is 2.81. The monoisotopic (exact) mass is 232 g/mol.